The van der Waals surface area contributed by atoms with E-state index in [0.29, 0.717) is 24.3 Å². The van der Waals surface area contributed by atoms with Crippen molar-refractivity contribution in [1.82, 2.24) is 67.6 Å². The fourth-order valence-electron chi connectivity index (χ4n) is 9.35. The quantitative estimate of drug-likeness (QED) is 0.0291. The summed E-state index contributed by atoms with van der Waals surface area (Å²) in [5, 5.41) is 49.3. The van der Waals surface area contributed by atoms with Gasteiger partial charge in [0, 0.05) is 37.8 Å². The number of amides is 14. The number of aliphatic hydroxyl groups is 1. The summed E-state index contributed by atoms with van der Waals surface area (Å²) >= 11 is 2.89. The molecule has 2 saturated heterocycles. The van der Waals surface area contributed by atoms with Crippen LogP contribution in [0, 0.1) is 0 Å². The van der Waals surface area contributed by atoms with Crippen molar-refractivity contribution < 1.29 is 92.0 Å². The number of carboxylic acid groups (broad SMARTS) is 2. The maximum atomic E-state index is 14.4. The van der Waals surface area contributed by atoms with E-state index in [0.717, 1.165) is 11.8 Å². The number of aliphatic hydroxyl groups excluding tert-OH is 1. The Balaban J connectivity index is 1.80. The molecule has 2 fully saturated rings. The van der Waals surface area contributed by atoms with Crippen molar-refractivity contribution in [3.05, 3.63) is 18.2 Å². The number of aromatic amines is 1. The van der Waals surface area contributed by atoms with E-state index in [9.17, 15) is 92.0 Å². The van der Waals surface area contributed by atoms with Crippen LogP contribution in [0.2, 0.25) is 0 Å². The van der Waals surface area contributed by atoms with Crippen molar-refractivity contribution in [3.8, 4) is 0 Å². The standard InChI is InChI=1S/C52H81N17O19S2/c1-24(59-43(78)27(53)11-15-89-3)41(76)61-29(12-16-90-4)51(86)69-14-6-8-36(69)49(84)62-28(9-10-37(54)71)50(85)68-13-5-7-35(68)48(83)60-25(2)42(77)63-33(20-40(74)75)47(82)64-30(17-26-21-57-23-58-26)44(79)65-31(18-38(55)72)45(80)66-32(19-39(56)73)46(81)67-34(22-70)52(87)88/h21,23-25,27-36,70H,5-20,22,53H2,1-4H3,(H2,54,71)(H2,55,72)(H2,56,73)(H,57,58)(H,59,78)(H,60,83)(H,61,76)(H,62,84)(H,63,77)(H,64,82)(H,65,79)(H,66,80)(H,67,81)(H,74,75)(H,87,88)/t24-,25-,27-,28-,29-,30-,31-,32-,33-,34-,35-,36-/m0/s1. The summed E-state index contributed by atoms with van der Waals surface area (Å²) in [7, 11) is 0. The van der Waals surface area contributed by atoms with E-state index in [4.69, 9.17) is 22.9 Å². The van der Waals surface area contributed by atoms with Gasteiger partial charge >= 0.3 is 11.9 Å². The number of aromatic nitrogens is 2. The molecule has 500 valence electrons. The minimum atomic E-state index is -2.01. The molecule has 0 unspecified atom stereocenters. The number of H-pyrrole nitrogens is 1. The topological polar surface area (TPSA) is 581 Å². The number of aliphatic carboxylic acids is 2. The summed E-state index contributed by atoms with van der Waals surface area (Å²) in [5.74, 6) is -16.4. The molecule has 1 aromatic heterocycles. The molecule has 0 saturated carbocycles. The Kier molecular flexibility index (Phi) is 31.4. The second-order valence-corrected chi connectivity index (χ2v) is 23.2. The monoisotopic (exact) mass is 1310 g/mol. The Bertz CT molecular complexity index is 2780. The maximum absolute atomic E-state index is 14.4. The van der Waals surface area contributed by atoms with Gasteiger partial charge in [-0.15, -0.1) is 0 Å². The zero-order valence-corrected chi connectivity index (χ0v) is 51.6. The highest BCUT2D eigenvalue weighted by Gasteiger charge is 2.43. The molecule has 2 aliphatic rings. The second kappa shape index (κ2) is 37.4. The third kappa shape index (κ3) is 24.4. The van der Waals surface area contributed by atoms with E-state index in [1.54, 1.807) is 6.26 Å². The fourth-order valence-corrected chi connectivity index (χ4v) is 10.3. The lowest BCUT2D eigenvalue weighted by atomic mass is 10.1. The molecule has 0 aromatic carbocycles. The average molecular weight is 1310 g/mol. The molecule has 36 nitrogen and oxygen atoms in total. The number of nitrogens with one attached hydrogen (secondary N) is 10. The predicted octanol–water partition coefficient (Wildman–Crippen LogP) is -8.26. The molecule has 1 aromatic rings. The van der Waals surface area contributed by atoms with Crippen LogP contribution in [-0.2, 0) is 83.1 Å². The molecular formula is C52H81N17O19S2. The number of imidazole rings is 1. The van der Waals surface area contributed by atoms with Crippen LogP contribution in [0.3, 0.4) is 0 Å². The second-order valence-electron chi connectivity index (χ2n) is 21.2. The number of nitrogens with zero attached hydrogens (tertiary/aromatic N) is 3. The van der Waals surface area contributed by atoms with E-state index in [-0.39, 0.29) is 50.9 Å². The summed E-state index contributed by atoms with van der Waals surface area (Å²) in [4.78, 5) is 219. The highest BCUT2D eigenvalue weighted by molar-refractivity contribution is 7.98. The molecule has 3 rings (SSSR count). The summed E-state index contributed by atoms with van der Waals surface area (Å²) in [6, 6.07) is -18.3. The first-order valence-electron chi connectivity index (χ1n) is 28.4. The van der Waals surface area contributed by atoms with Gasteiger partial charge in [-0.05, 0) is 82.8 Å². The van der Waals surface area contributed by atoms with Crippen LogP contribution in [0.25, 0.3) is 0 Å². The Morgan fingerprint density at radius 3 is 1.44 bits per heavy atom. The third-order valence-corrected chi connectivity index (χ3v) is 15.5. The number of thioether (sulfide) groups is 2. The number of hydrogen-bond donors (Lipinski definition) is 17. The van der Waals surface area contributed by atoms with Gasteiger partial charge in [0.05, 0.1) is 38.2 Å². The van der Waals surface area contributed by atoms with Crippen LogP contribution in [-0.4, -0.2) is 246 Å². The number of carboxylic acids is 2. The number of nitrogens with two attached hydrogens (primary N) is 4. The average Bonchev–Trinajstić information content (AvgIpc) is 4.18. The lowest BCUT2D eigenvalue weighted by Crippen LogP contribution is -2.61. The number of likely N-dealkylation sites (tertiary alicyclic amines) is 2. The molecule has 0 aliphatic carbocycles. The van der Waals surface area contributed by atoms with Gasteiger partial charge < -0.3 is 101 Å². The van der Waals surface area contributed by atoms with Gasteiger partial charge in [0.2, 0.25) is 82.7 Å². The first-order chi connectivity index (χ1) is 42.4. The van der Waals surface area contributed by atoms with Gasteiger partial charge in [-0.3, -0.25) is 71.9 Å². The number of rotatable bonds is 39. The van der Waals surface area contributed by atoms with E-state index < -0.39 is 206 Å². The van der Waals surface area contributed by atoms with E-state index >= 15 is 0 Å². The van der Waals surface area contributed by atoms with Gasteiger partial charge in [-0.1, -0.05) is 0 Å². The highest BCUT2D eigenvalue weighted by Crippen LogP contribution is 2.23. The van der Waals surface area contributed by atoms with Crippen molar-refractivity contribution >= 4 is 118 Å². The van der Waals surface area contributed by atoms with Crippen LogP contribution < -0.4 is 70.8 Å². The molecule has 38 heteroatoms. The normalized spacial score (nSPS) is 17.8. The number of carbonyl (C=O) groups excluding carboxylic acids is 14. The van der Waals surface area contributed by atoms with Crippen molar-refractivity contribution in [2.45, 2.75) is 163 Å². The van der Waals surface area contributed by atoms with Crippen LogP contribution >= 0.6 is 23.5 Å². The van der Waals surface area contributed by atoms with Gasteiger partial charge in [-0.2, -0.15) is 23.5 Å². The largest absolute Gasteiger partial charge is 0.481 e. The van der Waals surface area contributed by atoms with Crippen molar-refractivity contribution in [2.24, 2.45) is 22.9 Å². The zero-order valence-electron chi connectivity index (χ0n) is 49.9. The van der Waals surface area contributed by atoms with Gasteiger partial charge in [-0.25, -0.2) is 9.78 Å². The summed E-state index contributed by atoms with van der Waals surface area (Å²) in [6.45, 7) is 1.51. The smallest absolute Gasteiger partial charge is 0.328 e. The van der Waals surface area contributed by atoms with Gasteiger partial charge in [0.1, 0.15) is 66.5 Å². The highest BCUT2D eigenvalue weighted by atomic mass is 32.2. The van der Waals surface area contributed by atoms with Crippen LogP contribution in [0.4, 0.5) is 0 Å². The lowest BCUT2D eigenvalue weighted by molar-refractivity contribution is -0.145. The van der Waals surface area contributed by atoms with Crippen molar-refractivity contribution in [1.29, 1.82) is 0 Å². The molecule has 14 amide bonds. The molecule has 2 aliphatic heterocycles. The van der Waals surface area contributed by atoms with E-state index in [2.05, 4.69) is 47.2 Å². The summed E-state index contributed by atoms with van der Waals surface area (Å²) in [5.41, 5.74) is 22.1. The first kappa shape index (κ1) is 75.6. The van der Waals surface area contributed by atoms with Crippen LogP contribution in [0.1, 0.15) is 90.2 Å². The van der Waals surface area contributed by atoms with E-state index in [1.807, 2.05) is 16.9 Å². The molecular weight excluding hydrogens is 1230 g/mol. The number of hydrogen-bond acceptors (Lipinski definition) is 21. The minimum absolute atomic E-state index is 0.0243. The maximum Gasteiger partial charge on any atom is 0.328 e. The minimum Gasteiger partial charge on any atom is -0.481 e. The first-order valence-corrected chi connectivity index (χ1v) is 31.2. The Morgan fingerprint density at radius 1 is 0.556 bits per heavy atom. The summed E-state index contributed by atoms with van der Waals surface area (Å²) < 4.78 is 0. The fraction of sp³-hybridized carbons (Fsp3) is 0.635. The Morgan fingerprint density at radius 2 is 0.989 bits per heavy atom. The third-order valence-electron chi connectivity index (χ3n) is 14.2. The van der Waals surface area contributed by atoms with Gasteiger partial charge in [0.25, 0.3) is 0 Å². The molecule has 21 N–H and O–H groups in total. The van der Waals surface area contributed by atoms with E-state index in [1.165, 1.54) is 47.9 Å². The van der Waals surface area contributed by atoms with Crippen LogP contribution in [0.15, 0.2) is 12.5 Å². The molecule has 3 heterocycles. The van der Waals surface area contributed by atoms with Crippen LogP contribution in [0.5, 0.6) is 0 Å². The number of primary amides is 3. The SMILES string of the molecule is CSCC[C@H](NC(=O)[C@H](C)NC(=O)[C@@H](N)CCSC)C(=O)N1CCC[C@H]1C(=O)N[C@@H](CCC(N)=O)C(=O)N1CCC[C@H]1C(=O)N[C@@H](C)C(=O)N[C@@H](CC(=O)O)C(=O)N[C@@H](Cc1cnc[nH]1)C(=O)N[C@@H](CC(N)=O)C(=O)N[C@@H](CC(N)=O)C(=O)N[C@@H](CO)C(=O)O. The number of carbonyl (C=O) groups is 16. The molecule has 0 bridgehead atoms. The molecule has 12 atom stereocenters. The van der Waals surface area contributed by atoms with Crippen molar-refractivity contribution in [2.75, 3.05) is 43.7 Å². The molecule has 0 spiro atoms. The molecule has 90 heavy (non-hydrogen) atoms. The Hall–Kier alpha value is -8.65. The predicted molar refractivity (Wildman–Crippen MR) is 317 cm³/mol. The van der Waals surface area contributed by atoms with Crippen molar-refractivity contribution in [3.63, 3.8) is 0 Å². The van der Waals surface area contributed by atoms with Gasteiger partial charge in [0.15, 0.2) is 0 Å². The molecule has 0 radical (unpaired) electrons. The summed E-state index contributed by atoms with van der Waals surface area (Å²) in [6.07, 6.45) is 2.98. The Labute approximate surface area is 524 Å². The lowest BCUT2D eigenvalue weighted by Gasteiger charge is -2.32. The zero-order chi connectivity index (χ0) is 67.5.